The van der Waals surface area contributed by atoms with E-state index in [4.69, 9.17) is 9.47 Å². The van der Waals surface area contributed by atoms with Gasteiger partial charge in [-0.2, -0.15) is 0 Å². The molecular weight excluding hydrogens is 338 g/mol. The van der Waals surface area contributed by atoms with Gasteiger partial charge in [0, 0.05) is 4.90 Å². The molecule has 0 N–H and O–H groups in total. The minimum absolute atomic E-state index is 0.0236. The van der Waals surface area contributed by atoms with Crippen molar-refractivity contribution in [2.75, 3.05) is 6.73 Å². The maximum Gasteiger partial charge on any atom is 0.332 e. The fourth-order valence-electron chi connectivity index (χ4n) is 2.21. The Balaban J connectivity index is 2.24. The van der Waals surface area contributed by atoms with Crippen molar-refractivity contribution in [2.24, 2.45) is 0 Å². The van der Waals surface area contributed by atoms with Crippen molar-refractivity contribution in [2.45, 2.75) is 57.6 Å². The van der Waals surface area contributed by atoms with Gasteiger partial charge in [0.2, 0.25) is 0 Å². The van der Waals surface area contributed by atoms with E-state index in [9.17, 15) is 9.59 Å². The minimum Gasteiger partial charge on any atom is -0.476 e. The second-order valence-corrected chi connectivity index (χ2v) is 8.45. The summed E-state index contributed by atoms with van der Waals surface area (Å²) in [5.41, 5.74) is -1.75. The van der Waals surface area contributed by atoms with Crippen LogP contribution in [0.4, 0.5) is 0 Å². The standard InChI is InChI=1S/C19H25NO4S/c1-13-15(25-14-10-8-7-9-11-14)16(21)20(12-23-13)19(5,6)17(22)24-18(2,3)4/h7-11H,12H2,1-6H3. The van der Waals surface area contributed by atoms with Gasteiger partial charge in [-0.1, -0.05) is 30.0 Å². The summed E-state index contributed by atoms with van der Waals surface area (Å²) in [5, 5.41) is 0. The van der Waals surface area contributed by atoms with Gasteiger partial charge in [0.15, 0.2) is 6.73 Å². The molecule has 0 aliphatic carbocycles. The largest absolute Gasteiger partial charge is 0.476 e. The fourth-order valence-corrected chi connectivity index (χ4v) is 3.14. The van der Waals surface area contributed by atoms with Gasteiger partial charge >= 0.3 is 5.97 Å². The predicted molar refractivity (Wildman–Crippen MR) is 97.7 cm³/mol. The number of thioether (sulfide) groups is 1. The Morgan fingerprint density at radius 1 is 1.16 bits per heavy atom. The average Bonchev–Trinajstić information content (AvgIpc) is 2.50. The minimum atomic E-state index is -1.13. The molecule has 1 aromatic carbocycles. The molecule has 1 heterocycles. The summed E-state index contributed by atoms with van der Waals surface area (Å²) in [5.74, 6) is -0.121. The van der Waals surface area contributed by atoms with Crippen molar-refractivity contribution in [1.29, 1.82) is 0 Å². The van der Waals surface area contributed by atoms with Crippen LogP contribution in [0.15, 0.2) is 45.9 Å². The van der Waals surface area contributed by atoms with Crippen LogP contribution in [0.25, 0.3) is 0 Å². The topological polar surface area (TPSA) is 55.8 Å². The Morgan fingerprint density at radius 3 is 2.32 bits per heavy atom. The third-order valence-electron chi connectivity index (χ3n) is 3.71. The third-order valence-corrected chi connectivity index (χ3v) is 4.88. The first-order valence-electron chi connectivity index (χ1n) is 8.14. The predicted octanol–water partition coefficient (Wildman–Crippen LogP) is 3.95. The summed E-state index contributed by atoms with van der Waals surface area (Å²) in [6, 6.07) is 9.60. The van der Waals surface area contributed by atoms with E-state index in [1.807, 2.05) is 30.3 Å². The molecule has 0 unspecified atom stereocenters. The van der Waals surface area contributed by atoms with Crippen molar-refractivity contribution >= 4 is 23.6 Å². The molecule has 1 aliphatic rings. The molecule has 0 aromatic heterocycles. The van der Waals surface area contributed by atoms with E-state index in [1.54, 1.807) is 41.5 Å². The summed E-state index contributed by atoms with van der Waals surface area (Å²) in [6.45, 7) is 10.5. The molecule has 25 heavy (non-hydrogen) atoms. The van der Waals surface area contributed by atoms with Gasteiger partial charge in [-0.15, -0.1) is 0 Å². The number of esters is 1. The quantitative estimate of drug-likeness (QED) is 0.758. The van der Waals surface area contributed by atoms with Gasteiger partial charge in [-0.3, -0.25) is 9.69 Å². The van der Waals surface area contributed by atoms with E-state index in [0.717, 1.165) is 4.90 Å². The molecule has 2 rings (SSSR count). The van der Waals surface area contributed by atoms with Crippen molar-refractivity contribution in [3.8, 4) is 0 Å². The van der Waals surface area contributed by atoms with Crippen LogP contribution in [-0.4, -0.2) is 34.6 Å². The lowest BCUT2D eigenvalue weighted by atomic mass is 10.0. The molecule has 0 spiro atoms. The molecule has 1 aliphatic heterocycles. The number of ether oxygens (including phenoxy) is 2. The van der Waals surface area contributed by atoms with Gasteiger partial charge in [0.05, 0.1) is 0 Å². The molecule has 0 bridgehead atoms. The molecule has 5 nitrogen and oxygen atoms in total. The van der Waals surface area contributed by atoms with Crippen molar-refractivity contribution in [3.05, 3.63) is 41.0 Å². The van der Waals surface area contributed by atoms with Crippen LogP contribution < -0.4 is 0 Å². The second kappa shape index (κ2) is 7.12. The SMILES string of the molecule is CC1=C(Sc2ccccc2)C(=O)N(C(C)(C)C(=O)OC(C)(C)C)CO1. The zero-order valence-electron chi connectivity index (χ0n) is 15.6. The average molecular weight is 363 g/mol. The number of allylic oxidation sites excluding steroid dienone is 1. The highest BCUT2D eigenvalue weighted by Gasteiger charge is 2.44. The highest BCUT2D eigenvalue weighted by Crippen LogP contribution is 2.35. The molecule has 0 saturated heterocycles. The molecule has 1 aromatic rings. The fraction of sp³-hybridized carbons (Fsp3) is 0.474. The molecule has 0 atom stereocenters. The highest BCUT2D eigenvalue weighted by molar-refractivity contribution is 8.04. The smallest absolute Gasteiger partial charge is 0.332 e. The number of carbonyl (C=O) groups excluding carboxylic acids is 2. The van der Waals surface area contributed by atoms with Crippen molar-refractivity contribution in [3.63, 3.8) is 0 Å². The highest BCUT2D eigenvalue weighted by atomic mass is 32.2. The summed E-state index contributed by atoms with van der Waals surface area (Å²) < 4.78 is 11.1. The van der Waals surface area contributed by atoms with Crippen molar-refractivity contribution in [1.82, 2.24) is 4.90 Å². The lowest BCUT2D eigenvalue weighted by Crippen LogP contribution is -2.57. The maximum atomic E-state index is 13.0. The van der Waals surface area contributed by atoms with E-state index in [-0.39, 0.29) is 12.6 Å². The lowest BCUT2D eigenvalue weighted by Gasteiger charge is -2.40. The monoisotopic (exact) mass is 363 g/mol. The number of nitrogens with zero attached hydrogens (tertiary/aromatic N) is 1. The first-order chi connectivity index (χ1) is 11.5. The first-order valence-corrected chi connectivity index (χ1v) is 8.96. The van der Waals surface area contributed by atoms with Crippen LogP contribution in [0.5, 0.6) is 0 Å². The Labute approximate surface area is 153 Å². The van der Waals surface area contributed by atoms with E-state index >= 15 is 0 Å². The summed E-state index contributed by atoms with van der Waals surface area (Å²) in [7, 11) is 0. The lowest BCUT2D eigenvalue weighted by molar-refractivity contribution is -0.175. The molecule has 0 radical (unpaired) electrons. The van der Waals surface area contributed by atoms with Crippen LogP contribution in [0.3, 0.4) is 0 Å². The van der Waals surface area contributed by atoms with Crippen LogP contribution in [0, 0.1) is 0 Å². The Hall–Kier alpha value is -1.95. The summed E-state index contributed by atoms with van der Waals surface area (Å²) in [4.78, 5) is 28.4. The Morgan fingerprint density at radius 2 is 1.76 bits per heavy atom. The van der Waals surface area contributed by atoms with Crippen molar-refractivity contribution < 1.29 is 19.1 Å². The molecule has 6 heteroatoms. The van der Waals surface area contributed by atoms with E-state index < -0.39 is 17.1 Å². The normalized spacial score (nSPS) is 15.9. The molecular formula is C19H25NO4S. The third kappa shape index (κ3) is 4.57. The molecule has 1 amide bonds. The number of hydrogen-bond acceptors (Lipinski definition) is 5. The van der Waals surface area contributed by atoms with E-state index in [0.29, 0.717) is 10.7 Å². The molecule has 0 saturated carbocycles. The number of benzene rings is 1. The van der Waals surface area contributed by atoms with Gasteiger partial charge in [-0.25, -0.2) is 4.79 Å². The Bertz CT molecular complexity index is 689. The maximum absolute atomic E-state index is 13.0. The molecule has 136 valence electrons. The number of amides is 1. The number of hydrogen-bond donors (Lipinski definition) is 0. The van der Waals surface area contributed by atoms with E-state index in [1.165, 1.54) is 16.7 Å². The Kier molecular flexibility index (Phi) is 5.52. The number of carbonyl (C=O) groups is 2. The van der Waals surface area contributed by atoms with Gasteiger partial charge in [-0.05, 0) is 53.7 Å². The number of rotatable bonds is 4. The van der Waals surface area contributed by atoms with Gasteiger partial charge in [0.25, 0.3) is 5.91 Å². The zero-order chi connectivity index (χ0) is 18.8. The van der Waals surface area contributed by atoms with Crippen LogP contribution in [-0.2, 0) is 19.1 Å². The summed E-state index contributed by atoms with van der Waals surface area (Å²) in [6.07, 6.45) is 0. The van der Waals surface area contributed by atoms with Gasteiger partial charge in [0.1, 0.15) is 21.8 Å². The summed E-state index contributed by atoms with van der Waals surface area (Å²) >= 11 is 1.34. The van der Waals surface area contributed by atoms with Crippen LogP contribution in [0.2, 0.25) is 0 Å². The zero-order valence-corrected chi connectivity index (χ0v) is 16.4. The van der Waals surface area contributed by atoms with E-state index in [2.05, 4.69) is 0 Å². The second-order valence-electron chi connectivity index (χ2n) is 7.37. The van der Waals surface area contributed by atoms with Crippen LogP contribution in [0.1, 0.15) is 41.5 Å². The first kappa shape index (κ1) is 19.4. The van der Waals surface area contributed by atoms with Gasteiger partial charge < -0.3 is 9.47 Å². The van der Waals surface area contributed by atoms with Crippen LogP contribution >= 0.6 is 11.8 Å². The molecule has 0 fully saturated rings.